The summed E-state index contributed by atoms with van der Waals surface area (Å²) in [6.07, 6.45) is -4.09. The predicted octanol–water partition coefficient (Wildman–Crippen LogP) is -0.500. The van der Waals surface area contributed by atoms with Crippen LogP contribution in [0.1, 0.15) is 35.7 Å². The van der Waals surface area contributed by atoms with Crippen molar-refractivity contribution < 1.29 is 56.8 Å². The van der Waals surface area contributed by atoms with E-state index in [1.165, 1.54) is 28.0 Å². The van der Waals surface area contributed by atoms with Gasteiger partial charge in [0.2, 0.25) is 0 Å². The van der Waals surface area contributed by atoms with E-state index in [2.05, 4.69) is 29.8 Å². The number of hydrogen-bond donors (Lipinski definition) is 6. The zero-order chi connectivity index (χ0) is 32.1. The molecule has 1 unspecified atom stereocenters. The van der Waals surface area contributed by atoms with Crippen molar-refractivity contribution in [2.24, 2.45) is 5.73 Å². The van der Waals surface area contributed by atoms with Crippen molar-refractivity contribution in [1.29, 1.82) is 0 Å². The van der Waals surface area contributed by atoms with Crippen molar-refractivity contribution in [2.45, 2.75) is 49.7 Å². The number of amides is 1. The Kier molecular flexibility index (Phi) is 8.44. The van der Waals surface area contributed by atoms with Gasteiger partial charge in [-0.05, 0) is 12.1 Å². The van der Waals surface area contributed by atoms with E-state index in [1.54, 1.807) is 12.1 Å². The molecule has 1 aromatic carbocycles. The predicted molar refractivity (Wildman–Crippen MR) is 147 cm³/mol. The maximum atomic E-state index is 13.0. The molecule has 2 aliphatic rings. The van der Waals surface area contributed by atoms with Gasteiger partial charge in [0.1, 0.15) is 41.9 Å². The standard InChI is InChI=1S/C22H27N9O12P2/c23-20-19-22(26-8-25-20)30(9-27-19)16-5-13(15(42-16)7-39-44(34,35)36)43-45(37,38)40-6-14-12(32)4-17(41-14)31-11-3-1-2-10(21(24)33)18(11)28-29-31/h1-3,8-9,12-17,32H,4-7H2,(H2,24,33)(H,37,38)(H2,23,25,26)(H2,34,35,36)/t12-,13-,14+,15+,16+,17+/m0/s1. The second-order valence-electron chi connectivity index (χ2n) is 10.1. The summed E-state index contributed by atoms with van der Waals surface area (Å²) in [6.45, 7) is -1.29. The molecular formula is C22H27N9O12P2. The number of phosphoric ester groups is 2. The molecule has 1 amide bonds. The molecule has 4 aromatic rings. The van der Waals surface area contributed by atoms with E-state index in [9.17, 15) is 33.7 Å². The number of fused-ring (bicyclic) bond motifs is 2. The molecule has 0 spiro atoms. The van der Waals surface area contributed by atoms with Gasteiger partial charge in [0.05, 0.1) is 36.7 Å². The molecule has 2 saturated heterocycles. The van der Waals surface area contributed by atoms with Gasteiger partial charge in [-0.15, -0.1) is 5.10 Å². The van der Waals surface area contributed by atoms with Gasteiger partial charge in [-0.2, -0.15) is 0 Å². The van der Waals surface area contributed by atoms with Crippen LogP contribution in [-0.2, 0) is 32.2 Å². The number of carbonyl (C=O) groups is 1. The second kappa shape index (κ2) is 12.0. The number of aliphatic hydroxyl groups excluding tert-OH is 1. The molecule has 5 heterocycles. The van der Waals surface area contributed by atoms with Gasteiger partial charge in [0.25, 0.3) is 5.91 Å². The Bertz CT molecular complexity index is 1830. The van der Waals surface area contributed by atoms with Crippen LogP contribution >= 0.6 is 15.6 Å². The fourth-order valence-electron chi connectivity index (χ4n) is 5.14. The molecule has 242 valence electrons. The number of benzene rings is 1. The lowest BCUT2D eigenvalue weighted by atomic mass is 10.1. The minimum absolute atomic E-state index is 0.0107. The Balaban J connectivity index is 1.13. The number of hydrogen-bond acceptors (Lipinski definition) is 15. The van der Waals surface area contributed by atoms with E-state index in [0.717, 1.165) is 0 Å². The molecule has 0 saturated carbocycles. The van der Waals surface area contributed by atoms with Gasteiger partial charge in [-0.25, -0.2) is 28.8 Å². The van der Waals surface area contributed by atoms with E-state index in [0.29, 0.717) is 5.52 Å². The highest BCUT2D eigenvalue weighted by atomic mass is 31.2. The number of nitrogens with zero attached hydrogens (tertiary/aromatic N) is 7. The molecule has 8 N–H and O–H groups in total. The number of anilines is 1. The highest BCUT2D eigenvalue weighted by molar-refractivity contribution is 7.47. The first kappa shape index (κ1) is 31.5. The lowest BCUT2D eigenvalue weighted by Crippen LogP contribution is -2.29. The summed E-state index contributed by atoms with van der Waals surface area (Å²) in [5, 5.41) is 18.6. The van der Waals surface area contributed by atoms with E-state index < -0.39 is 71.6 Å². The summed E-state index contributed by atoms with van der Waals surface area (Å²) >= 11 is 0. The molecule has 21 nitrogen and oxygen atoms in total. The lowest BCUT2D eigenvalue weighted by Gasteiger charge is -2.22. The SMILES string of the molecule is NC(=O)c1cccc2c1nnn2[C@H]1C[C@H](O)[C@@H](COP(=O)(O)O[C@H]2C[C@H](n3cnc4c(N)ncnc43)O[C@@H]2COP(=O)(O)O)O1. The van der Waals surface area contributed by atoms with Crippen molar-refractivity contribution >= 4 is 49.6 Å². The number of rotatable bonds is 11. The molecule has 23 heteroatoms. The highest BCUT2D eigenvalue weighted by Crippen LogP contribution is 2.50. The van der Waals surface area contributed by atoms with Crippen LogP contribution in [0, 0.1) is 0 Å². The third-order valence-corrected chi connectivity index (χ3v) is 8.70. The minimum atomic E-state index is -4.94. The molecular weight excluding hydrogens is 644 g/mol. The van der Waals surface area contributed by atoms with Gasteiger partial charge < -0.3 is 40.7 Å². The number of nitrogen functional groups attached to an aromatic ring is 1. The highest BCUT2D eigenvalue weighted by Gasteiger charge is 2.44. The number of carbonyl (C=O) groups excluding carboxylic acids is 1. The molecule has 0 radical (unpaired) electrons. The van der Waals surface area contributed by atoms with Crippen LogP contribution < -0.4 is 11.5 Å². The van der Waals surface area contributed by atoms with Crippen molar-refractivity contribution in [2.75, 3.05) is 18.9 Å². The van der Waals surface area contributed by atoms with Crippen LogP contribution in [0.5, 0.6) is 0 Å². The smallest absolute Gasteiger partial charge is 0.390 e. The molecule has 6 rings (SSSR count). The molecule has 0 bridgehead atoms. The van der Waals surface area contributed by atoms with Gasteiger partial charge in [-0.3, -0.25) is 22.9 Å². The topological polar surface area (TPSA) is 305 Å². The fraction of sp³-hybridized carbons (Fsp3) is 0.455. The third kappa shape index (κ3) is 6.60. The summed E-state index contributed by atoms with van der Waals surface area (Å²) in [4.78, 5) is 52.8. The van der Waals surface area contributed by atoms with E-state index in [4.69, 9.17) is 30.0 Å². The number of aromatic nitrogens is 7. The van der Waals surface area contributed by atoms with Crippen LogP contribution in [-0.4, -0.2) is 97.8 Å². The van der Waals surface area contributed by atoms with E-state index >= 15 is 0 Å². The average Bonchev–Trinajstić information content (AvgIpc) is 3.75. The normalized spacial score (nSPS) is 26.9. The monoisotopic (exact) mass is 671 g/mol. The Morgan fingerprint density at radius 2 is 1.78 bits per heavy atom. The first-order valence-electron chi connectivity index (χ1n) is 13.2. The summed E-state index contributed by atoms with van der Waals surface area (Å²) < 4.78 is 53.9. The number of imidazole rings is 1. The zero-order valence-corrected chi connectivity index (χ0v) is 24.7. The van der Waals surface area contributed by atoms with Gasteiger partial charge in [-0.1, -0.05) is 11.3 Å². The molecule has 0 aliphatic carbocycles. The third-order valence-electron chi connectivity index (χ3n) is 7.20. The number of aliphatic hydroxyl groups is 1. The number of ether oxygens (including phenoxy) is 2. The molecule has 2 aliphatic heterocycles. The fourth-order valence-corrected chi connectivity index (χ4v) is 6.44. The summed E-state index contributed by atoms with van der Waals surface area (Å²) in [5.41, 5.74) is 12.6. The maximum Gasteiger partial charge on any atom is 0.472 e. The van der Waals surface area contributed by atoms with Crippen LogP contribution in [0.25, 0.3) is 22.2 Å². The van der Waals surface area contributed by atoms with E-state index in [-0.39, 0.29) is 40.9 Å². The van der Waals surface area contributed by atoms with Crippen molar-refractivity contribution in [3.8, 4) is 0 Å². The second-order valence-corrected chi connectivity index (χ2v) is 12.8. The van der Waals surface area contributed by atoms with Crippen molar-refractivity contribution in [3.63, 3.8) is 0 Å². The molecule has 45 heavy (non-hydrogen) atoms. The number of primary amides is 1. The summed E-state index contributed by atoms with van der Waals surface area (Å²) in [6, 6.07) is 4.71. The molecule has 2 fully saturated rings. The Morgan fingerprint density at radius 3 is 2.53 bits per heavy atom. The molecule has 3 aromatic heterocycles. The lowest BCUT2D eigenvalue weighted by molar-refractivity contribution is -0.0570. The van der Waals surface area contributed by atoms with Crippen LogP contribution in [0.4, 0.5) is 5.82 Å². The molecule has 7 atom stereocenters. The van der Waals surface area contributed by atoms with Gasteiger partial charge in [0.15, 0.2) is 17.7 Å². The van der Waals surface area contributed by atoms with Gasteiger partial charge in [0, 0.05) is 12.8 Å². The number of nitrogens with two attached hydrogens (primary N) is 2. The van der Waals surface area contributed by atoms with Crippen LogP contribution in [0.15, 0.2) is 30.9 Å². The van der Waals surface area contributed by atoms with Crippen molar-refractivity contribution in [3.05, 3.63) is 36.4 Å². The maximum absolute atomic E-state index is 13.0. The van der Waals surface area contributed by atoms with Gasteiger partial charge >= 0.3 is 15.6 Å². The first-order chi connectivity index (χ1) is 21.3. The number of phosphoric acid groups is 2. The largest absolute Gasteiger partial charge is 0.472 e. The quantitative estimate of drug-likeness (QED) is 0.109. The first-order valence-corrected chi connectivity index (χ1v) is 16.2. The van der Waals surface area contributed by atoms with E-state index in [1.807, 2.05) is 0 Å². The zero-order valence-electron chi connectivity index (χ0n) is 22.9. The van der Waals surface area contributed by atoms with Crippen LogP contribution in [0.3, 0.4) is 0 Å². The Labute approximate surface area is 251 Å². The summed E-state index contributed by atoms with van der Waals surface area (Å²) in [7, 11) is -9.83. The summed E-state index contributed by atoms with van der Waals surface area (Å²) in [5.74, 6) is -0.596. The average molecular weight is 671 g/mol. The van der Waals surface area contributed by atoms with Crippen LogP contribution in [0.2, 0.25) is 0 Å². The Morgan fingerprint density at radius 1 is 1.02 bits per heavy atom. The Hall–Kier alpha value is -3.46. The van der Waals surface area contributed by atoms with Crippen molar-refractivity contribution in [1.82, 2.24) is 34.5 Å². The minimum Gasteiger partial charge on any atom is -0.390 e.